The van der Waals surface area contributed by atoms with Crippen LogP contribution in [0, 0.1) is 12.8 Å². The van der Waals surface area contributed by atoms with Crippen LogP contribution >= 0.6 is 0 Å². The number of hydrogen-bond acceptors (Lipinski definition) is 4. The maximum atomic E-state index is 11.9. The Bertz CT molecular complexity index is 496. The molecule has 0 spiro atoms. The summed E-state index contributed by atoms with van der Waals surface area (Å²) in [6, 6.07) is 7.74. The van der Waals surface area contributed by atoms with E-state index in [0.29, 0.717) is 12.5 Å². The van der Waals surface area contributed by atoms with Crippen LogP contribution in [0.1, 0.15) is 19.4 Å². The number of nitrogens with zero attached hydrogens (tertiary/aromatic N) is 2. The monoisotopic (exact) mass is 333 g/mol. The number of rotatable bonds is 8. The third kappa shape index (κ3) is 6.49. The number of amides is 1. The van der Waals surface area contributed by atoms with Gasteiger partial charge in [0.05, 0.1) is 0 Å². The van der Waals surface area contributed by atoms with E-state index < -0.39 is 0 Å². The van der Waals surface area contributed by atoms with Crippen molar-refractivity contribution in [3.8, 4) is 5.75 Å². The second kappa shape index (κ2) is 9.64. The Hall–Kier alpha value is -1.59. The SMILES string of the molecule is CCN1CCN(CC(C)CNC(=O)COc2ccc(C)cc2)CC1. The molecular formula is C19H31N3O2. The van der Waals surface area contributed by atoms with Crippen LogP contribution in [-0.4, -0.2) is 68.1 Å². The zero-order valence-corrected chi connectivity index (χ0v) is 15.3. The van der Waals surface area contributed by atoms with E-state index in [2.05, 4.69) is 29.0 Å². The van der Waals surface area contributed by atoms with Crippen molar-refractivity contribution < 1.29 is 9.53 Å². The lowest BCUT2D eigenvalue weighted by Crippen LogP contribution is -2.48. The molecule has 0 saturated carbocycles. The summed E-state index contributed by atoms with van der Waals surface area (Å²) in [6.07, 6.45) is 0. The fourth-order valence-electron chi connectivity index (χ4n) is 2.92. The maximum absolute atomic E-state index is 11.9. The molecule has 1 aromatic rings. The zero-order valence-electron chi connectivity index (χ0n) is 15.3. The van der Waals surface area contributed by atoms with Crippen molar-refractivity contribution in [2.45, 2.75) is 20.8 Å². The molecule has 1 heterocycles. The van der Waals surface area contributed by atoms with Crippen LogP contribution in [-0.2, 0) is 4.79 Å². The first-order valence-corrected chi connectivity index (χ1v) is 8.97. The Kier molecular flexibility index (Phi) is 7.53. The highest BCUT2D eigenvalue weighted by Crippen LogP contribution is 2.11. The van der Waals surface area contributed by atoms with Crippen LogP contribution in [0.25, 0.3) is 0 Å². The molecule has 1 amide bonds. The highest BCUT2D eigenvalue weighted by atomic mass is 16.5. The van der Waals surface area contributed by atoms with Crippen molar-refractivity contribution in [1.29, 1.82) is 0 Å². The summed E-state index contributed by atoms with van der Waals surface area (Å²) in [7, 11) is 0. The molecule has 5 heteroatoms. The summed E-state index contributed by atoms with van der Waals surface area (Å²) in [6.45, 7) is 13.9. The molecular weight excluding hydrogens is 302 g/mol. The van der Waals surface area contributed by atoms with Gasteiger partial charge in [0.2, 0.25) is 0 Å². The van der Waals surface area contributed by atoms with Gasteiger partial charge in [0.15, 0.2) is 6.61 Å². The van der Waals surface area contributed by atoms with Gasteiger partial charge in [-0.1, -0.05) is 31.5 Å². The largest absolute Gasteiger partial charge is 0.484 e. The summed E-state index contributed by atoms with van der Waals surface area (Å²) in [5.41, 5.74) is 1.18. The standard InChI is InChI=1S/C19H31N3O2/c1-4-21-9-11-22(12-10-21)14-17(3)13-20-19(23)15-24-18-7-5-16(2)6-8-18/h5-8,17H,4,9-15H2,1-3H3,(H,20,23). The summed E-state index contributed by atoms with van der Waals surface area (Å²) in [5.74, 6) is 1.12. The number of carbonyl (C=O) groups is 1. The molecule has 0 radical (unpaired) electrons. The molecule has 0 aliphatic carbocycles. The first-order chi connectivity index (χ1) is 11.6. The van der Waals surface area contributed by atoms with E-state index >= 15 is 0 Å². The van der Waals surface area contributed by atoms with Crippen LogP contribution in [0.4, 0.5) is 0 Å². The number of carbonyl (C=O) groups excluding carboxylic acids is 1. The molecule has 1 fully saturated rings. The summed E-state index contributed by atoms with van der Waals surface area (Å²) >= 11 is 0. The maximum Gasteiger partial charge on any atom is 0.257 e. The molecule has 1 atom stereocenters. The summed E-state index contributed by atoms with van der Waals surface area (Å²) in [4.78, 5) is 16.9. The number of hydrogen-bond donors (Lipinski definition) is 1. The van der Waals surface area contributed by atoms with Gasteiger partial charge >= 0.3 is 0 Å². The lowest BCUT2D eigenvalue weighted by Gasteiger charge is -2.35. The van der Waals surface area contributed by atoms with E-state index in [9.17, 15) is 4.79 Å². The normalized spacial score (nSPS) is 17.5. The molecule has 1 aliphatic rings. The number of piperazine rings is 1. The van der Waals surface area contributed by atoms with Gasteiger partial charge in [0.25, 0.3) is 5.91 Å². The van der Waals surface area contributed by atoms with Gasteiger partial charge in [-0.2, -0.15) is 0 Å². The Morgan fingerprint density at radius 1 is 1.17 bits per heavy atom. The number of aryl methyl sites for hydroxylation is 1. The number of likely N-dealkylation sites (N-methyl/N-ethyl adjacent to an activating group) is 1. The molecule has 134 valence electrons. The average molecular weight is 333 g/mol. The van der Waals surface area contributed by atoms with Crippen molar-refractivity contribution in [2.24, 2.45) is 5.92 Å². The molecule has 1 N–H and O–H groups in total. The fraction of sp³-hybridized carbons (Fsp3) is 0.632. The van der Waals surface area contributed by atoms with Crippen LogP contribution in [0.2, 0.25) is 0 Å². The molecule has 0 bridgehead atoms. The van der Waals surface area contributed by atoms with Crippen molar-refractivity contribution in [1.82, 2.24) is 15.1 Å². The van der Waals surface area contributed by atoms with Crippen LogP contribution in [0.5, 0.6) is 5.75 Å². The highest BCUT2D eigenvalue weighted by Gasteiger charge is 2.17. The number of benzene rings is 1. The molecule has 1 aromatic carbocycles. The van der Waals surface area contributed by atoms with E-state index in [-0.39, 0.29) is 12.5 Å². The second-order valence-corrected chi connectivity index (χ2v) is 6.75. The third-order valence-electron chi connectivity index (χ3n) is 4.52. The van der Waals surface area contributed by atoms with E-state index in [1.807, 2.05) is 31.2 Å². The van der Waals surface area contributed by atoms with E-state index in [0.717, 1.165) is 45.0 Å². The Morgan fingerprint density at radius 3 is 2.42 bits per heavy atom. The number of nitrogens with one attached hydrogen (secondary N) is 1. The van der Waals surface area contributed by atoms with Gasteiger partial charge in [-0.25, -0.2) is 0 Å². The second-order valence-electron chi connectivity index (χ2n) is 6.75. The molecule has 2 rings (SSSR count). The van der Waals surface area contributed by atoms with Crippen LogP contribution < -0.4 is 10.1 Å². The Balaban J connectivity index is 1.60. The van der Waals surface area contributed by atoms with Gasteiger partial charge in [-0.05, 0) is 31.5 Å². The van der Waals surface area contributed by atoms with E-state index in [1.54, 1.807) is 0 Å². The topological polar surface area (TPSA) is 44.8 Å². The minimum Gasteiger partial charge on any atom is -0.484 e. The first kappa shape index (κ1) is 18.7. The van der Waals surface area contributed by atoms with Crippen LogP contribution in [0.15, 0.2) is 24.3 Å². The van der Waals surface area contributed by atoms with Gasteiger partial charge in [0.1, 0.15) is 5.75 Å². The quantitative estimate of drug-likeness (QED) is 0.787. The minimum atomic E-state index is -0.0572. The van der Waals surface area contributed by atoms with Crippen molar-refractivity contribution in [2.75, 3.05) is 52.4 Å². The molecule has 1 aliphatic heterocycles. The van der Waals surface area contributed by atoms with Crippen LogP contribution in [0.3, 0.4) is 0 Å². The summed E-state index contributed by atoms with van der Waals surface area (Å²) in [5, 5.41) is 2.97. The Morgan fingerprint density at radius 2 is 1.79 bits per heavy atom. The minimum absolute atomic E-state index is 0.0572. The predicted molar refractivity (Wildman–Crippen MR) is 97.4 cm³/mol. The lowest BCUT2D eigenvalue weighted by atomic mass is 10.1. The van der Waals surface area contributed by atoms with Crippen molar-refractivity contribution in [3.05, 3.63) is 29.8 Å². The van der Waals surface area contributed by atoms with Crippen molar-refractivity contribution in [3.63, 3.8) is 0 Å². The number of ether oxygens (including phenoxy) is 1. The van der Waals surface area contributed by atoms with Gasteiger partial charge in [0, 0.05) is 39.3 Å². The highest BCUT2D eigenvalue weighted by molar-refractivity contribution is 5.77. The molecule has 0 aromatic heterocycles. The molecule has 1 unspecified atom stereocenters. The van der Waals surface area contributed by atoms with Gasteiger partial charge < -0.3 is 19.9 Å². The third-order valence-corrected chi connectivity index (χ3v) is 4.52. The van der Waals surface area contributed by atoms with E-state index in [4.69, 9.17) is 4.74 Å². The summed E-state index contributed by atoms with van der Waals surface area (Å²) < 4.78 is 5.50. The zero-order chi connectivity index (χ0) is 17.4. The predicted octanol–water partition coefficient (Wildman–Crippen LogP) is 1.76. The molecule has 24 heavy (non-hydrogen) atoms. The van der Waals surface area contributed by atoms with Gasteiger partial charge in [-0.3, -0.25) is 4.79 Å². The lowest BCUT2D eigenvalue weighted by molar-refractivity contribution is -0.123. The van der Waals surface area contributed by atoms with E-state index in [1.165, 1.54) is 5.56 Å². The van der Waals surface area contributed by atoms with Crippen molar-refractivity contribution >= 4 is 5.91 Å². The molecule has 5 nitrogen and oxygen atoms in total. The smallest absolute Gasteiger partial charge is 0.257 e. The molecule has 1 saturated heterocycles. The average Bonchev–Trinajstić information content (AvgIpc) is 2.60. The Labute approximate surface area is 146 Å². The van der Waals surface area contributed by atoms with Gasteiger partial charge in [-0.15, -0.1) is 0 Å². The first-order valence-electron chi connectivity index (χ1n) is 8.97. The fourth-order valence-corrected chi connectivity index (χ4v) is 2.92.